The molecule has 9 heteroatoms. The Hall–Kier alpha value is -3.03. The van der Waals surface area contributed by atoms with Crippen LogP contribution in [-0.4, -0.2) is 29.2 Å². The molecule has 0 fully saturated rings. The number of halogens is 2. The van der Waals surface area contributed by atoms with E-state index in [1.807, 2.05) is 24.3 Å². The van der Waals surface area contributed by atoms with Crippen molar-refractivity contribution >= 4 is 35.1 Å². The van der Waals surface area contributed by atoms with Gasteiger partial charge in [-0.25, -0.2) is 9.97 Å². The molecular formula is C21H18Cl2N4O3. The lowest BCUT2D eigenvalue weighted by atomic mass is 10.1. The van der Waals surface area contributed by atoms with E-state index in [4.69, 9.17) is 38.4 Å². The molecule has 1 aliphatic heterocycles. The highest BCUT2D eigenvalue weighted by atomic mass is 35.5. The molecule has 1 aromatic heterocycles. The molecule has 3 aromatic rings. The summed E-state index contributed by atoms with van der Waals surface area (Å²) in [6.45, 7) is 0.755. The van der Waals surface area contributed by atoms with Gasteiger partial charge in [0.15, 0.2) is 11.5 Å². The summed E-state index contributed by atoms with van der Waals surface area (Å²) in [7, 11) is 0. The van der Waals surface area contributed by atoms with Gasteiger partial charge in [-0.1, -0.05) is 35.3 Å². The number of carbonyl (C=O) groups excluding carboxylic acids is 1. The van der Waals surface area contributed by atoms with Gasteiger partial charge < -0.3 is 20.5 Å². The summed E-state index contributed by atoms with van der Waals surface area (Å²) in [4.78, 5) is 20.5. The number of anilines is 1. The molecule has 0 radical (unpaired) electrons. The Morgan fingerprint density at radius 3 is 2.77 bits per heavy atom. The standard InChI is InChI=1S/C21H18Cl2N4O3/c22-14-3-2-13(16(23)9-14)5-6-25-21-26-10-15(20(24)28)17(27-21)7-12-1-4-18-19(8-12)30-11-29-18/h1-4,8-10H,5-7,11H2,(H2,24,28)(H,25,26,27). The lowest BCUT2D eigenvalue weighted by Gasteiger charge is -2.11. The number of hydrogen-bond donors (Lipinski definition) is 2. The van der Waals surface area contributed by atoms with Gasteiger partial charge in [0.1, 0.15) is 0 Å². The van der Waals surface area contributed by atoms with Crippen molar-refractivity contribution in [2.45, 2.75) is 12.8 Å². The Morgan fingerprint density at radius 2 is 1.97 bits per heavy atom. The fraction of sp³-hybridized carbons (Fsp3) is 0.190. The Balaban J connectivity index is 1.49. The van der Waals surface area contributed by atoms with Gasteiger partial charge in [0, 0.05) is 29.2 Å². The number of amides is 1. The highest BCUT2D eigenvalue weighted by molar-refractivity contribution is 6.35. The lowest BCUT2D eigenvalue weighted by molar-refractivity contribution is 0.0998. The van der Waals surface area contributed by atoms with Gasteiger partial charge in [-0.2, -0.15) is 0 Å². The minimum atomic E-state index is -0.578. The van der Waals surface area contributed by atoms with Gasteiger partial charge in [0.25, 0.3) is 5.91 Å². The van der Waals surface area contributed by atoms with E-state index in [9.17, 15) is 4.79 Å². The van der Waals surface area contributed by atoms with Gasteiger partial charge in [-0.05, 0) is 41.8 Å². The van der Waals surface area contributed by atoms with E-state index >= 15 is 0 Å². The molecule has 0 bridgehead atoms. The van der Waals surface area contributed by atoms with Crippen LogP contribution in [0.2, 0.25) is 10.0 Å². The van der Waals surface area contributed by atoms with Crippen LogP contribution < -0.4 is 20.5 Å². The molecule has 1 amide bonds. The van der Waals surface area contributed by atoms with E-state index in [-0.39, 0.29) is 12.4 Å². The van der Waals surface area contributed by atoms with Crippen LogP contribution in [0.25, 0.3) is 0 Å². The van der Waals surface area contributed by atoms with Crippen molar-refractivity contribution in [2.24, 2.45) is 5.73 Å². The van der Waals surface area contributed by atoms with E-state index in [0.29, 0.717) is 52.6 Å². The number of nitrogens with one attached hydrogen (secondary N) is 1. The van der Waals surface area contributed by atoms with Gasteiger partial charge in [0.05, 0.1) is 11.3 Å². The smallest absolute Gasteiger partial charge is 0.252 e. The summed E-state index contributed by atoms with van der Waals surface area (Å²) in [5.41, 5.74) is 8.19. The first-order valence-electron chi connectivity index (χ1n) is 9.21. The van der Waals surface area contributed by atoms with Gasteiger partial charge in [-0.15, -0.1) is 0 Å². The second-order valence-electron chi connectivity index (χ2n) is 6.70. The van der Waals surface area contributed by atoms with Gasteiger partial charge in [0.2, 0.25) is 12.7 Å². The molecule has 0 unspecified atom stereocenters. The summed E-state index contributed by atoms with van der Waals surface area (Å²) in [5, 5.41) is 4.36. The predicted molar refractivity (Wildman–Crippen MR) is 115 cm³/mol. The SMILES string of the molecule is NC(=O)c1cnc(NCCc2ccc(Cl)cc2Cl)nc1Cc1ccc2c(c1)OCO2. The number of aromatic nitrogens is 2. The van der Waals surface area contributed by atoms with Crippen molar-refractivity contribution in [3.8, 4) is 11.5 Å². The number of hydrogen-bond acceptors (Lipinski definition) is 6. The zero-order valence-corrected chi connectivity index (χ0v) is 17.3. The molecule has 0 saturated carbocycles. The fourth-order valence-corrected chi connectivity index (χ4v) is 3.62. The summed E-state index contributed by atoms with van der Waals surface area (Å²) in [6.07, 6.45) is 2.50. The van der Waals surface area contributed by atoms with Crippen molar-refractivity contribution in [3.63, 3.8) is 0 Å². The fourth-order valence-electron chi connectivity index (χ4n) is 3.12. The monoisotopic (exact) mass is 444 g/mol. The normalized spacial score (nSPS) is 12.1. The van der Waals surface area contributed by atoms with Crippen LogP contribution in [0, 0.1) is 0 Å². The zero-order valence-electron chi connectivity index (χ0n) is 15.8. The molecule has 0 saturated heterocycles. The number of fused-ring (bicyclic) bond motifs is 1. The molecule has 4 rings (SSSR count). The second-order valence-corrected chi connectivity index (χ2v) is 7.54. The Bertz CT molecular complexity index is 1110. The Labute approximate surface area is 183 Å². The third-order valence-corrected chi connectivity index (χ3v) is 5.22. The van der Waals surface area contributed by atoms with Crippen molar-refractivity contribution in [1.82, 2.24) is 9.97 Å². The van der Waals surface area contributed by atoms with E-state index in [2.05, 4.69) is 15.3 Å². The van der Waals surface area contributed by atoms with Crippen molar-refractivity contribution in [3.05, 3.63) is 75.0 Å². The van der Waals surface area contributed by atoms with E-state index < -0.39 is 5.91 Å². The minimum Gasteiger partial charge on any atom is -0.454 e. The van der Waals surface area contributed by atoms with Crippen LogP contribution in [0.3, 0.4) is 0 Å². The lowest BCUT2D eigenvalue weighted by Crippen LogP contribution is -2.17. The van der Waals surface area contributed by atoms with E-state index in [1.165, 1.54) is 6.20 Å². The summed E-state index contributed by atoms with van der Waals surface area (Å²) in [6, 6.07) is 11.0. The number of primary amides is 1. The Kier molecular flexibility index (Phi) is 5.92. The third-order valence-electron chi connectivity index (χ3n) is 4.63. The average Bonchev–Trinajstić information content (AvgIpc) is 3.17. The van der Waals surface area contributed by atoms with Crippen molar-refractivity contribution < 1.29 is 14.3 Å². The molecule has 0 spiro atoms. The first kappa shape index (κ1) is 20.3. The molecule has 7 nitrogen and oxygen atoms in total. The molecule has 2 heterocycles. The van der Waals surface area contributed by atoms with Gasteiger partial charge >= 0.3 is 0 Å². The highest BCUT2D eigenvalue weighted by Crippen LogP contribution is 2.33. The van der Waals surface area contributed by atoms with Crippen LogP contribution in [0.15, 0.2) is 42.6 Å². The molecule has 30 heavy (non-hydrogen) atoms. The molecule has 2 aromatic carbocycles. The maximum atomic E-state index is 11.8. The average molecular weight is 445 g/mol. The predicted octanol–water partition coefficient (Wildman–Crippen LogP) is 3.86. The van der Waals surface area contributed by atoms with Crippen LogP contribution >= 0.6 is 23.2 Å². The van der Waals surface area contributed by atoms with Crippen molar-refractivity contribution in [2.75, 3.05) is 18.7 Å². The molecular weight excluding hydrogens is 427 g/mol. The number of benzene rings is 2. The summed E-state index contributed by atoms with van der Waals surface area (Å²) < 4.78 is 10.7. The van der Waals surface area contributed by atoms with Gasteiger partial charge in [-0.3, -0.25) is 4.79 Å². The number of nitrogens with two attached hydrogens (primary N) is 1. The largest absolute Gasteiger partial charge is 0.454 e. The second kappa shape index (κ2) is 8.77. The number of ether oxygens (including phenoxy) is 2. The molecule has 1 aliphatic rings. The van der Waals surface area contributed by atoms with Crippen LogP contribution in [-0.2, 0) is 12.8 Å². The highest BCUT2D eigenvalue weighted by Gasteiger charge is 2.17. The van der Waals surface area contributed by atoms with E-state index in [0.717, 1.165) is 11.1 Å². The molecule has 0 aliphatic carbocycles. The quantitative estimate of drug-likeness (QED) is 0.573. The van der Waals surface area contributed by atoms with Crippen molar-refractivity contribution in [1.29, 1.82) is 0 Å². The zero-order chi connectivity index (χ0) is 21.1. The third kappa shape index (κ3) is 4.58. The number of carbonyl (C=O) groups is 1. The van der Waals surface area contributed by atoms with E-state index in [1.54, 1.807) is 12.1 Å². The Morgan fingerprint density at radius 1 is 1.13 bits per heavy atom. The first-order chi connectivity index (χ1) is 14.5. The maximum Gasteiger partial charge on any atom is 0.252 e. The topological polar surface area (TPSA) is 99.4 Å². The molecule has 0 atom stereocenters. The number of nitrogens with zero attached hydrogens (tertiary/aromatic N) is 2. The summed E-state index contributed by atoms with van der Waals surface area (Å²) in [5.74, 6) is 1.19. The number of rotatable bonds is 7. The molecule has 154 valence electrons. The minimum absolute atomic E-state index is 0.199. The molecule has 3 N–H and O–H groups in total. The summed E-state index contributed by atoms with van der Waals surface area (Å²) >= 11 is 12.1. The van der Waals surface area contributed by atoms with Crippen LogP contribution in [0.1, 0.15) is 27.2 Å². The van der Waals surface area contributed by atoms with Crippen LogP contribution in [0.5, 0.6) is 11.5 Å². The first-order valence-corrected chi connectivity index (χ1v) is 9.97. The van der Waals surface area contributed by atoms with Crippen LogP contribution in [0.4, 0.5) is 5.95 Å². The maximum absolute atomic E-state index is 11.8.